The first-order valence-corrected chi connectivity index (χ1v) is 10.7. The number of unbranched alkanes of at least 4 members (excludes halogenated alkanes) is 1. The maximum Gasteiger partial charge on any atom is -0.0102 e. The predicted molar refractivity (Wildman–Crippen MR) is 115 cm³/mol. The monoisotopic (exact) mass is 344 g/mol. The number of hydrogen-bond donors (Lipinski definition) is 0. The van der Waals surface area contributed by atoms with Gasteiger partial charge in [-0.1, -0.05) is 88.1 Å². The van der Waals surface area contributed by atoms with E-state index in [0.717, 1.165) is 11.8 Å². The average molecular weight is 345 g/mol. The van der Waals surface area contributed by atoms with Crippen LogP contribution in [0.25, 0.3) is 21.5 Å². The van der Waals surface area contributed by atoms with E-state index in [1.165, 1.54) is 72.9 Å². The van der Waals surface area contributed by atoms with Gasteiger partial charge in [0.2, 0.25) is 0 Å². The lowest BCUT2D eigenvalue weighted by molar-refractivity contribution is 0.364. The minimum Gasteiger partial charge on any atom is -0.0654 e. The van der Waals surface area contributed by atoms with E-state index in [1.54, 1.807) is 11.1 Å². The maximum atomic E-state index is 2.47. The lowest BCUT2D eigenvalue weighted by atomic mass is 9.75. The van der Waals surface area contributed by atoms with Crippen molar-refractivity contribution in [3.63, 3.8) is 0 Å². The zero-order valence-corrected chi connectivity index (χ0v) is 16.4. The van der Waals surface area contributed by atoms with Gasteiger partial charge in [0, 0.05) is 0 Å². The highest BCUT2D eigenvalue weighted by Gasteiger charge is 2.24. The fourth-order valence-electron chi connectivity index (χ4n) is 5.14. The van der Waals surface area contributed by atoms with Crippen LogP contribution in [0.1, 0.15) is 75.8 Å². The molecule has 0 fully saturated rings. The lowest BCUT2D eigenvalue weighted by Crippen LogP contribution is -2.14. The third-order valence-corrected chi connectivity index (χ3v) is 6.65. The average Bonchev–Trinajstić information content (AvgIpc) is 2.70. The molecule has 1 aliphatic carbocycles. The Kier molecular flexibility index (Phi) is 5.29. The molecular formula is C26H32. The van der Waals surface area contributed by atoms with Crippen LogP contribution in [0.3, 0.4) is 0 Å². The molecule has 2 unspecified atom stereocenters. The highest BCUT2D eigenvalue weighted by Crippen LogP contribution is 2.41. The Morgan fingerprint density at radius 3 is 2.62 bits per heavy atom. The van der Waals surface area contributed by atoms with Crippen molar-refractivity contribution < 1.29 is 0 Å². The molecule has 26 heavy (non-hydrogen) atoms. The first-order valence-electron chi connectivity index (χ1n) is 10.7. The fraction of sp³-hybridized carbons (Fsp3) is 0.462. The molecule has 0 saturated carbocycles. The largest absolute Gasteiger partial charge is 0.0654 e. The summed E-state index contributed by atoms with van der Waals surface area (Å²) in [4.78, 5) is 0. The van der Waals surface area contributed by atoms with Gasteiger partial charge in [0.05, 0.1) is 0 Å². The van der Waals surface area contributed by atoms with Gasteiger partial charge in [0.25, 0.3) is 0 Å². The molecule has 0 aromatic heterocycles. The summed E-state index contributed by atoms with van der Waals surface area (Å²) in [5.74, 6) is 1.68. The molecule has 4 rings (SSSR count). The Balaban J connectivity index is 1.72. The molecule has 0 heteroatoms. The van der Waals surface area contributed by atoms with Gasteiger partial charge in [-0.2, -0.15) is 0 Å². The van der Waals surface area contributed by atoms with Gasteiger partial charge in [-0.05, 0) is 70.2 Å². The summed E-state index contributed by atoms with van der Waals surface area (Å²) in [6, 6.07) is 18.4. The van der Waals surface area contributed by atoms with Crippen LogP contribution in [0, 0.1) is 5.92 Å². The second-order valence-corrected chi connectivity index (χ2v) is 8.26. The van der Waals surface area contributed by atoms with Crippen LogP contribution in [0.2, 0.25) is 0 Å². The van der Waals surface area contributed by atoms with Crippen molar-refractivity contribution in [2.24, 2.45) is 5.92 Å². The predicted octanol–water partition coefficient (Wildman–Crippen LogP) is 8.02. The Labute approximate surface area is 158 Å². The van der Waals surface area contributed by atoms with Crippen LogP contribution in [0.4, 0.5) is 0 Å². The van der Waals surface area contributed by atoms with Gasteiger partial charge in [0.1, 0.15) is 0 Å². The van der Waals surface area contributed by atoms with E-state index in [-0.39, 0.29) is 0 Å². The van der Waals surface area contributed by atoms with Crippen LogP contribution >= 0.6 is 0 Å². The molecule has 0 N–H and O–H groups in total. The Morgan fingerprint density at radius 2 is 1.77 bits per heavy atom. The molecule has 0 radical (unpaired) electrons. The number of rotatable bonds is 6. The Morgan fingerprint density at radius 1 is 0.923 bits per heavy atom. The maximum absolute atomic E-state index is 2.47. The van der Waals surface area contributed by atoms with Crippen molar-refractivity contribution in [3.8, 4) is 0 Å². The van der Waals surface area contributed by atoms with Crippen LogP contribution in [-0.4, -0.2) is 0 Å². The topological polar surface area (TPSA) is 0 Å². The number of benzene rings is 3. The standard InChI is InChI=1S/C26H32/c1-3-5-9-19(4-2)18-21-11-8-13-24-23(21)16-17-25-22-12-7-6-10-20(22)14-15-26(24)25/h6-7,10,12,14-17,19,21H,3-5,8-9,11,13,18H2,1-2H3. The highest BCUT2D eigenvalue weighted by molar-refractivity contribution is 6.08. The van der Waals surface area contributed by atoms with E-state index >= 15 is 0 Å². The molecule has 0 saturated heterocycles. The van der Waals surface area contributed by atoms with Crippen LogP contribution in [-0.2, 0) is 6.42 Å². The minimum absolute atomic E-state index is 0.774. The Hall–Kier alpha value is -1.82. The number of hydrogen-bond acceptors (Lipinski definition) is 0. The van der Waals surface area contributed by atoms with Crippen molar-refractivity contribution in [1.29, 1.82) is 0 Å². The van der Waals surface area contributed by atoms with E-state index in [2.05, 4.69) is 62.4 Å². The highest BCUT2D eigenvalue weighted by atomic mass is 14.3. The molecular weight excluding hydrogens is 312 g/mol. The van der Waals surface area contributed by atoms with E-state index in [1.807, 2.05) is 0 Å². The molecule has 0 aliphatic heterocycles. The molecule has 0 nitrogen and oxygen atoms in total. The normalized spacial score (nSPS) is 18.2. The van der Waals surface area contributed by atoms with E-state index < -0.39 is 0 Å². The molecule has 0 bridgehead atoms. The van der Waals surface area contributed by atoms with Gasteiger partial charge in [0.15, 0.2) is 0 Å². The van der Waals surface area contributed by atoms with Crippen molar-refractivity contribution in [1.82, 2.24) is 0 Å². The van der Waals surface area contributed by atoms with Crippen LogP contribution in [0.5, 0.6) is 0 Å². The molecule has 3 aromatic rings. The molecule has 2 atom stereocenters. The third kappa shape index (κ3) is 3.27. The smallest absolute Gasteiger partial charge is 0.0102 e. The molecule has 0 spiro atoms. The van der Waals surface area contributed by atoms with Gasteiger partial charge >= 0.3 is 0 Å². The zero-order valence-electron chi connectivity index (χ0n) is 16.4. The van der Waals surface area contributed by atoms with Crippen molar-refractivity contribution >= 4 is 21.5 Å². The first-order chi connectivity index (χ1) is 12.8. The summed E-state index contributed by atoms with van der Waals surface area (Å²) in [6.07, 6.45) is 10.9. The quantitative estimate of drug-likeness (QED) is 0.397. The van der Waals surface area contributed by atoms with E-state index in [4.69, 9.17) is 0 Å². The van der Waals surface area contributed by atoms with Gasteiger partial charge in [-0.15, -0.1) is 0 Å². The lowest BCUT2D eigenvalue weighted by Gasteiger charge is -2.30. The molecule has 0 amide bonds. The third-order valence-electron chi connectivity index (χ3n) is 6.65. The summed E-state index contributed by atoms with van der Waals surface area (Å²) >= 11 is 0. The number of aryl methyl sites for hydroxylation is 1. The molecule has 1 aliphatic rings. The molecule has 0 heterocycles. The SMILES string of the molecule is CCCCC(CC)CC1CCCc2c1ccc1c2ccc2ccccc21. The first kappa shape index (κ1) is 17.6. The second kappa shape index (κ2) is 7.82. The summed E-state index contributed by atoms with van der Waals surface area (Å²) < 4.78 is 0. The summed E-state index contributed by atoms with van der Waals surface area (Å²) in [5.41, 5.74) is 3.31. The van der Waals surface area contributed by atoms with Crippen molar-refractivity contribution in [2.75, 3.05) is 0 Å². The van der Waals surface area contributed by atoms with Crippen molar-refractivity contribution in [3.05, 3.63) is 59.7 Å². The zero-order chi connectivity index (χ0) is 17.9. The molecule has 136 valence electrons. The summed E-state index contributed by atoms with van der Waals surface area (Å²) in [5, 5.41) is 5.72. The number of fused-ring (bicyclic) bond motifs is 5. The van der Waals surface area contributed by atoms with Crippen LogP contribution in [0.15, 0.2) is 48.5 Å². The summed E-state index contributed by atoms with van der Waals surface area (Å²) in [7, 11) is 0. The van der Waals surface area contributed by atoms with Gasteiger partial charge < -0.3 is 0 Å². The van der Waals surface area contributed by atoms with Crippen LogP contribution < -0.4 is 0 Å². The van der Waals surface area contributed by atoms with E-state index in [0.29, 0.717) is 0 Å². The van der Waals surface area contributed by atoms with Gasteiger partial charge in [-0.25, -0.2) is 0 Å². The Bertz CT molecular complexity index is 889. The second-order valence-electron chi connectivity index (χ2n) is 8.26. The van der Waals surface area contributed by atoms with E-state index in [9.17, 15) is 0 Å². The summed E-state index contributed by atoms with van der Waals surface area (Å²) in [6.45, 7) is 4.70. The van der Waals surface area contributed by atoms with Crippen molar-refractivity contribution in [2.45, 2.75) is 71.1 Å². The minimum atomic E-state index is 0.774. The molecule has 3 aromatic carbocycles. The van der Waals surface area contributed by atoms with Gasteiger partial charge in [-0.3, -0.25) is 0 Å². The fourth-order valence-corrected chi connectivity index (χ4v) is 5.14.